The third kappa shape index (κ3) is 5.23. The van der Waals surface area contributed by atoms with Crippen molar-refractivity contribution in [3.63, 3.8) is 0 Å². The summed E-state index contributed by atoms with van der Waals surface area (Å²) in [6.45, 7) is 0.465. The number of benzene rings is 2. The molecular weight excluding hydrogens is 354 g/mol. The van der Waals surface area contributed by atoms with Crippen LogP contribution in [-0.4, -0.2) is 22.4 Å². The van der Waals surface area contributed by atoms with Gasteiger partial charge in [-0.05, 0) is 35.6 Å². The van der Waals surface area contributed by atoms with Crippen molar-refractivity contribution in [3.05, 3.63) is 106 Å². The smallest absolute Gasteiger partial charge is 0.269 e. The minimum Gasteiger partial charge on any atom is -0.355 e. The minimum atomic E-state index is -0.422. The summed E-state index contributed by atoms with van der Waals surface area (Å²) in [6.07, 6.45) is 4.67. The average Bonchev–Trinajstić information content (AvgIpc) is 2.73. The van der Waals surface area contributed by atoms with Gasteiger partial charge in [0.05, 0.1) is 10.8 Å². The van der Waals surface area contributed by atoms with Gasteiger partial charge in [0.2, 0.25) is 5.91 Å². The number of nitro groups is 1. The van der Waals surface area contributed by atoms with Crippen LogP contribution in [0, 0.1) is 10.1 Å². The van der Waals surface area contributed by atoms with Crippen LogP contribution in [-0.2, 0) is 17.6 Å². The third-order valence-corrected chi connectivity index (χ3v) is 4.54. The first-order chi connectivity index (χ1) is 13.6. The van der Waals surface area contributed by atoms with E-state index in [1.165, 1.54) is 12.1 Å². The molecule has 0 saturated carbocycles. The zero-order chi connectivity index (χ0) is 19.8. The quantitative estimate of drug-likeness (QED) is 0.481. The molecule has 28 heavy (non-hydrogen) atoms. The maximum Gasteiger partial charge on any atom is 0.269 e. The lowest BCUT2D eigenvalue weighted by atomic mass is 9.91. The molecule has 0 fully saturated rings. The molecule has 6 nitrogen and oxygen atoms in total. The van der Waals surface area contributed by atoms with Crippen molar-refractivity contribution in [2.75, 3.05) is 6.54 Å². The van der Waals surface area contributed by atoms with Crippen molar-refractivity contribution in [1.82, 2.24) is 10.3 Å². The molecule has 0 aliphatic rings. The van der Waals surface area contributed by atoms with Crippen LogP contribution in [0.2, 0.25) is 0 Å². The Hall–Kier alpha value is -3.54. The summed E-state index contributed by atoms with van der Waals surface area (Å²) in [7, 11) is 0. The first-order valence-corrected chi connectivity index (χ1v) is 9.08. The van der Waals surface area contributed by atoms with E-state index in [0.717, 1.165) is 16.7 Å². The number of nitrogens with zero attached hydrogens (tertiary/aromatic N) is 2. The molecule has 142 valence electrons. The molecule has 0 spiro atoms. The van der Waals surface area contributed by atoms with E-state index in [4.69, 9.17) is 0 Å². The Morgan fingerprint density at radius 2 is 1.75 bits per heavy atom. The van der Waals surface area contributed by atoms with Crippen molar-refractivity contribution in [1.29, 1.82) is 0 Å². The van der Waals surface area contributed by atoms with E-state index in [-0.39, 0.29) is 17.5 Å². The van der Waals surface area contributed by atoms with Gasteiger partial charge in [0.25, 0.3) is 5.69 Å². The number of pyridine rings is 1. The molecular formula is C22H21N3O3. The molecule has 1 N–H and O–H groups in total. The van der Waals surface area contributed by atoms with Crippen LogP contribution in [0.1, 0.15) is 22.6 Å². The molecule has 1 atom stereocenters. The summed E-state index contributed by atoms with van der Waals surface area (Å²) >= 11 is 0. The second-order valence-corrected chi connectivity index (χ2v) is 6.49. The number of aromatic nitrogens is 1. The van der Waals surface area contributed by atoms with Crippen molar-refractivity contribution in [2.24, 2.45) is 0 Å². The largest absolute Gasteiger partial charge is 0.355 e. The lowest BCUT2D eigenvalue weighted by Gasteiger charge is -2.17. The topological polar surface area (TPSA) is 85.1 Å². The van der Waals surface area contributed by atoms with Gasteiger partial charge in [0.15, 0.2) is 0 Å². The van der Waals surface area contributed by atoms with Gasteiger partial charge in [0.1, 0.15) is 0 Å². The molecule has 0 aliphatic carbocycles. The number of hydrogen-bond donors (Lipinski definition) is 1. The summed E-state index contributed by atoms with van der Waals surface area (Å²) in [4.78, 5) is 27.3. The molecule has 1 amide bonds. The van der Waals surface area contributed by atoms with Crippen LogP contribution >= 0.6 is 0 Å². The Balaban J connectivity index is 1.63. The maximum atomic E-state index is 12.9. The standard InChI is InChI=1S/C22H21N3O3/c26-22(24-14-12-17-8-10-20(11-9-17)25(27)28)21(19-6-2-1-3-7-19)15-18-5-4-13-23-16-18/h1-11,13,16,21H,12,14-15H2,(H,24,26). The monoisotopic (exact) mass is 375 g/mol. The molecule has 0 saturated heterocycles. The van der Waals surface area contributed by atoms with Crippen LogP contribution in [0.25, 0.3) is 0 Å². The Bertz CT molecular complexity index is 913. The SMILES string of the molecule is O=C(NCCc1ccc([N+](=O)[O-])cc1)C(Cc1cccnc1)c1ccccc1. The first-order valence-electron chi connectivity index (χ1n) is 9.08. The van der Waals surface area contributed by atoms with Gasteiger partial charge in [-0.1, -0.05) is 48.5 Å². The highest BCUT2D eigenvalue weighted by Gasteiger charge is 2.20. The number of nitrogens with one attached hydrogen (secondary N) is 1. The highest BCUT2D eigenvalue weighted by Crippen LogP contribution is 2.21. The number of carbonyl (C=O) groups is 1. The minimum absolute atomic E-state index is 0.0445. The highest BCUT2D eigenvalue weighted by atomic mass is 16.6. The fourth-order valence-corrected chi connectivity index (χ4v) is 3.04. The molecule has 0 bridgehead atoms. The highest BCUT2D eigenvalue weighted by molar-refractivity contribution is 5.84. The summed E-state index contributed by atoms with van der Waals surface area (Å²) in [5.74, 6) is -0.348. The maximum absolute atomic E-state index is 12.9. The first kappa shape index (κ1) is 19.2. The third-order valence-electron chi connectivity index (χ3n) is 4.54. The van der Waals surface area contributed by atoms with Gasteiger partial charge in [-0.3, -0.25) is 19.9 Å². The van der Waals surface area contributed by atoms with Gasteiger partial charge in [-0.2, -0.15) is 0 Å². The van der Waals surface area contributed by atoms with Gasteiger partial charge >= 0.3 is 0 Å². The number of rotatable bonds is 8. The number of carbonyl (C=O) groups excluding carboxylic acids is 1. The zero-order valence-corrected chi connectivity index (χ0v) is 15.3. The molecule has 1 aromatic heterocycles. The van der Waals surface area contributed by atoms with Crippen LogP contribution in [0.3, 0.4) is 0 Å². The molecule has 6 heteroatoms. The molecule has 2 aromatic carbocycles. The fraction of sp³-hybridized carbons (Fsp3) is 0.182. The van der Waals surface area contributed by atoms with E-state index in [0.29, 0.717) is 19.4 Å². The van der Waals surface area contributed by atoms with E-state index in [2.05, 4.69) is 10.3 Å². The molecule has 1 unspecified atom stereocenters. The van der Waals surface area contributed by atoms with E-state index in [1.807, 2.05) is 42.5 Å². The lowest BCUT2D eigenvalue weighted by molar-refractivity contribution is -0.384. The average molecular weight is 375 g/mol. The van der Waals surface area contributed by atoms with Crippen molar-refractivity contribution in [2.45, 2.75) is 18.8 Å². The van der Waals surface area contributed by atoms with Crippen LogP contribution in [0.5, 0.6) is 0 Å². The summed E-state index contributed by atoms with van der Waals surface area (Å²) < 4.78 is 0. The van der Waals surface area contributed by atoms with Crippen LogP contribution in [0.15, 0.2) is 79.1 Å². The second kappa shape index (κ2) is 9.41. The molecule has 0 aliphatic heterocycles. The summed E-state index contributed by atoms with van der Waals surface area (Å²) in [5, 5.41) is 13.7. The number of non-ortho nitro benzene ring substituents is 1. The Morgan fingerprint density at radius 1 is 1.00 bits per heavy atom. The number of amides is 1. The predicted octanol–water partition coefficient (Wildman–Crippen LogP) is 3.68. The Labute approximate surface area is 163 Å². The summed E-state index contributed by atoms with van der Waals surface area (Å²) in [6, 6.07) is 19.9. The van der Waals surface area contributed by atoms with Gasteiger partial charge in [-0.15, -0.1) is 0 Å². The van der Waals surface area contributed by atoms with E-state index < -0.39 is 4.92 Å². The van der Waals surface area contributed by atoms with Gasteiger partial charge in [0, 0.05) is 31.1 Å². The number of nitro benzene ring substituents is 1. The van der Waals surface area contributed by atoms with Crippen molar-refractivity contribution >= 4 is 11.6 Å². The predicted molar refractivity (Wildman–Crippen MR) is 107 cm³/mol. The van der Waals surface area contributed by atoms with Crippen LogP contribution < -0.4 is 5.32 Å². The lowest BCUT2D eigenvalue weighted by Crippen LogP contribution is -2.32. The molecule has 3 rings (SSSR count). The van der Waals surface area contributed by atoms with Crippen molar-refractivity contribution < 1.29 is 9.72 Å². The van der Waals surface area contributed by atoms with E-state index in [1.54, 1.807) is 24.5 Å². The van der Waals surface area contributed by atoms with Crippen molar-refractivity contribution in [3.8, 4) is 0 Å². The van der Waals surface area contributed by atoms with E-state index in [9.17, 15) is 14.9 Å². The van der Waals surface area contributed by atoms with E-state index >= 15 is 0 Å². The van der Waals surface area contributed by atoms with Gasteiger partial charge in [-0.25, -0.2) is 0 Å². The summed E-state index contributed by atoms with van der Waals surface area (Å²) in [5.41, 5.74) is 2.96. The second-order valence-electron chi connectivity index (χ2n) is 6.49. The normalized spacial score (nSPS) is 11.6. The fourth-order valence-electron chi connectivity index (χ4n) is 3.04. The molecule has 3 aromatic rings. The molecule has 1 heterocycles. The Morgan fingerprint density at radius 3 is 2.39 bits per heavy atom. The zero-order valence-electron chi connectivity index (χ0n) is 15.3. The Kier molecular flexibility index (Phi) is 6.46. The molecule has 0 radical (unpaired) electrons. The van der Waals surface area contributed by atoms with Crippen LogP contribution in [0.4, 0.5) is 5.69 Å². The van der Waals surface area contributed by atoms with Gasteiger partial charge < -0.3 is 5.32 Å². The number of hydrogen-bond acceptors (Lipinski definition) is 4.